The summed E-state index contributed by atoms with van der Waals surface area (Å²) in [6.45, 7) is 12.0. The molecule has 1 N–H and O–H groups in total. The van der Waals surface area contributed by atoms with Crippen LogP contribution in [-0.4, -0.2) is 42.7 Å². The van der Waals surface area contributed by atoms with Crippen molar-refractivity contribution in [2.75, 3.05) is 20.2 Å². The van der Waals surface area contributed by atoms with Gasteiger partial charge in [-0.15, -0.1) is 0 Å². The van der Waals surface area contributed by atoms with Crippen LogP contribution >= 0.6 is 0 Å². The predicted octanol–water partition coefficient (Wildman–Crippen LogP) is 4.16. The number of para-hydroxylation sites is 1. The number of hydrogen-bond donors (Lipinski definition) is 1. The molecule has 0 aliphatic carbocycles. The number of likely N-dealkylation sites (N-methyl/N-ethyl adjacent to an activating group) is 1. The quantitative estimate of drug-likeness (QED) is 0.738. The minimum atomic E-state index is -0.599. The van der Waals surface area contributed by atoms with E-state index in [1.54, 1.807) is 27.8 Å². The van der Waals surface area contributed by atoms with Gasteiger partial charge < -0.3 is 19.7 Å². The minimum absolute atomic E-state index is 0.0691. The topological polar surface area (TPSA) is 67.9 Å². The van der Waals surface area contributed by atoms with E-state index in [4.69, 9.17) is 9.47 Å². The largest absolute Gasteiger partial charge is 0.494 e. The Morgan fingerprint density at radius 3 is 2.37 bits per heavy atom. The van der Waals surface area contributed by atoms with Crippen molar-refractivity contribution in [3.63, 3.8) is 0 Å². The molecule has 152 valence electrons. The van der Waals surface area contributed by atoms with Crippen LogP contribution in [0.3, 0.4) is 0 Å². The van der Waals surface area contributed by atoms with Gasteiger partial charge in [-0.05, 0) is 46.1 Å². The van der Waals surface area contributed by atoms with E-state index in [0.29, 0.717) is 12.5 Å². The predicted molar refractivity (Wildman–Crippen MR) is 107 cm³/mol. The molecule has 0 aromatic heterocycles. The average Bonchev–Trinajstić information content (AvgIpc) is 2.53. The molecule has 1 aromatic carbocycles. The standard InChI is InChI=1S/C21H34N2O4/c1-8-26-18-12-10-9-11-16(18)17(13-15(2)3)22-19(24)14-23(7)20(25)27-21(4,5)6/h9-12,15,17H,8,13-14H2,1-7H3,(H,22,24)/t17-/m1/s1. The summed E-state index contributed by atoms with van der Waals surface area (Å²) in [5.74, 6) is 0.917. The summed E-state index contributed by atoms with van der Waals surface area (Å²) < 4.78 is 11.0. The Bertz CT molecular complexity index is 623. The monoisotopic (exact) mass is 378 g/mol. The van der Waals surface area contributed by atoms with E-state index in [2.05, 4.69) is 19.2 Å². The first-order chi connectivity index (χ1) is 12.5. The lowest BCUT2D eigenvalue weighted by Crippen LogP contribution is -2.42. The van der Waals surface area contributed by atoms with E-state index in [0.717, 1.165) is 17.7 Å². The van der Waals surface area contributed by atoms with Crippen LogP contribution in [0.4, 0.5) is 4.79 Å². The maximum atomic E-state index is 12.6. The van der Waals surface area contributed by atoms with E-state index >= 15 is 0 Å². The molecule has 2 amide bonds. The van der Waals surface area contributed by atoms with Crippen LogP contribution in [0.15, 0.2) is 24.3 Å². The highest BCUT2D eigenvalue weighted by Crippen LogP contribution is 2.29. The number of carbonyl (C=O) groups is 2. The summed E-state index contributed by atoms with van der Waals surface area (Å²) in [6, 6.07) is 7.54. The molecule has 0 fully saturated rings. The van der Waals surface area contributed by atoms with E-state index < -0.39 is 11.7 Å². The van der Waals surface area contributed by atoms with E-state index in [1.165, 1.54) is 4.90 Å². The second kappa shape index (κ2) is 10.2. The van der Waals surface area contributed by atoms with Gasteiger partial charge in [0.1, 0.15) is 17.9 Å². The molecule has 1 aromatic rings. The molecule has 6 heteroatoms. The number of hydrogen-bond acceptors (Lipinski definition) is 4. The zero-order valence-corrected chi connectivity index (χ0v) is 17.7. The number of benzene rings is 1. The highest BCUT2D eigenvalue weighted by molar-refractivity contribution is 5.82. The molecule has 0 radical (unpaired) electrons. The van der Waals surface area contributed by atoms with Crippen LogP contribution in [0.2, 0.25) is 0 Å². The summed E-state index contributed by atoms with van der Waals surface area (Å²) in [5.41, 5.74) is 0.347. The molecular formula is C21H34N2O4. The molecule has 27 heavy (non-hydrogen) atoms. The molecular weight excluding hydrogens is 344 g/mol. The van der Waals surface area contributed by atoms with E-state index in [-0.39, 0.29) is 18.5 Å². The van der Waals surface area contributed by atoms with Gasteiger partial charge in [0, 0.05) is 12.6 Å². The van der Waals surface area contributed by atoms with Crippen molar-refractivity contribution in [1.29, 1.82) is 0 Å². The zero-order chi connectivity index (χ0) is 20.6. The van der Waals surface area contributed by atoms with Crippen LogP contribution in [0.1, 0.15) is 59.6 Å². The summed E-state index contributed by atoms with van der Waals surface area (Å²) in [7, 11) is 1.55. The lowest BCUT2D eigenvalue weighted by molar-refractivity contribution is -0.122. The lowest BCUT2D eigenvalue weighted by atomic mass is 9.96. The smallest absolute Gasteiger partial charge is 0.410 e. The van der Waals surface area contributed by atoms with Crippen molar-refractivity contribution < 1.29 is 19.1 Å². The summed E-state index contributed by atoms with van der Waals surface area (Å²) in [6.07, 6.45) is 0.249. The first-order valence-corrected chi connectivity index (χ1v) is 9.48. The van der Waals surface area contributed by atoms with Crippen molar-refractivity contribution in [3.05, 3.63) is 29.8 Å². The van der Waals surface area contributed by atoms with Crippen LogP contribution in [0.5, 0.6) is 5.75 Å². The Labute approximate surface area is 163 Å². The van der Waals surface area contributed by atoms with Gasteiger partial charge in [0.2, 0.25) is 5.91 Å². The fourth-order valence-electron chi connectivity index (χ4n) is 2.65. The number of nitrogens with zero attached hydrogens (tertiary/aromatic N) is 1. The van der Waals surface area contributed by atoms with Crippen molar-refractivity contribution in [1.82, 2.24) is 10.2 Å². The Morgan fingerprint density at radius 1 is 1.19 bits per heavy atom. The molecule has 0 aliphatic heterocycles. The first-order valence-electron chi connectivity index (χ1n) is 9.48. The lowest BCUT2D eigenvalue weighted by Gasteiger charge is -2.26. The van der Waals surface area contributed by atoms with Crippen molar-refractivity contribution >= 4 is 12.0 Å². The maximum absolute atomic E-state index is 12.6. The number of ether oxygens (including phenoxy) is 2. The fourth-order valence-corrected chi connectivity index (χ4v) is 2.65. The van der Waals surface area contributed by atoms with Crippen molar-refractivity contribution in [2.24, 2.45) is 5.92 Å². The molecule has 0 heterocycles. The minimum Gasteiger partial charge on any atom is -0.494 e. The van der Waals surface area contributed by atoms with Gasteiger partial charge >= 0.3 is 6.09 Å². The number of nitrogens with one attached hydrogen (secondary N) is 1. The summed E-state index contributed by atoms with van der Waals surface area (Å²) in [4.78, 5) is 25.9. The highest BCUT2D eigenvalue weighted by Gasteiger charge is 2.24. The van der Waals surface area contributed by atoms with Crippen LogP contribution < -0.4 is 10.1 Å². The average molecular weight is 379 g/mol. The van der Waals surface area contributed by atoms with Crippen molar-refractivity contribution in [2.45, 2.75) is 59.6 Å². The molecule has 1 atom stereocenters. The molecule has 6 nitrogen and oxygen atoms in total. The molecule has 0 unspecified atom stereocenters. The SMILES string of the molecule is CCOc1ccccc1[C@@H](CC(C)C)NC(=O)CN(C)C(=O)OC(C)(C)C. The first kappa shape index (κ1) is 22.8. The second-order valence-electron chi connectivity index (χ2n) is 8.06. The third-order valence-corrected chi connectivity index (χ3v) is 3.72. The van der Waals surface area contributed by atoms with Crippen LogP contribution in [0.25, 0.3) is 0 Å². The molecule has 0 spiro atoms. The van der Waals surface area contributed by atoms with Gasteiger partial charge in [-0.3, -0.25) is 4.79 Å². The Kier molecular flexibility index (Phi) is 8.60. The number of amides is 2. The second-order valence-corrected chi connectivity index (χ2v) is 8.06. The molecule has 0 bridgehead atoms. The van der Waals surface area contributed by atoms with E-state index in [9.17, 15) is 9.59 Å². The van der Waals surface area contributed by atoms with Gasteiger partial charge in [-0.2, -0.15) is 0 Å². The zero-order valence-electron chi connectivity index (χ0n) is 17.7. The van der Waals surface area contributed by atoms with Gasteiger partial charge in [0.05, 0.1) is 12.6 Å². The summed E-state index contributed by atoms with van der Waals surface area (Å²) in [5, 5.41) is 3.04. The maximum Gasteiger partial charge on any atom is 0.410 e. The van der Waals surface area contributed by atoms with Gasteiger partial charge in [-0.1, -0.05) is 32.0 Å². The number of rotatable bonds is 8. The Hall–Kier alpha value is -2.24. The molecule has 0 aliphatic rings. The van der Waals surface area contributed by atoms with E-state index in [1.807, 2.05) is 31.2 Å². The Morgan fingerprint density at radius 2 is 1.81 bits per heavy atom. The molecule has 0 saturated heterocycles. The van der Waals surface area contributed by atoms with Gasteiger partial charge in [-0.25, -0.2) is 4.79 Å². The number of carbonyl (C=O) groups excluding carboxylic acids is 2. The third kappa shape index (κ3) is 8.33. The Balaban J connectivity index is 2.85. The van der Waals surface area contributed by atoms with Crippen LogP contribution in [0, 0.1) is 5.92 Å². The van der Waals surface area contributed by atoms with Crippen molar-refractivity contribution in [3.8, 4) is 5.75 Å². The van der Waals surface area contributed by atoms with Crippen LogP contribution in [-0.2, 0) is 9.53 Å². The normalized spacial score (nSPS) is 12.4. The van der Waals surface area contributed by atoms with Gasteiger partial charge in [0.15, 0.2) is 0 Å². The summed E-state index contributed by atoms with van der Waals surface area (Å²) >= 11 is 0. The van der Waals surface area contributed by atoms with Gasteiger partial charge in [0.25, 0.3) is 0 Å². The molecule has 1 rings (SSSR count). The highest BCUT2D eigenvalue weighted by atomic mass is 16.6. The fraction of sp³-hybridized carbons (Fsp3) is 0.619. The third-order valence-electron chi connectivity index (χ3n) is 3.72. The molecule has 0 saturated carbocycles.